The standard InChI is InChI=1S/C4H8O4S2/c1-4-2-9(5,6)3-10(4,7)8/h4H,2-3H2,1H3. The normalized spacial score (nSPS) is 35.9. The van der Waals surface area contributed by atoms with E-state index in [0.29, 0.717) is 0 Å². The van der Waals surface area contributed by atoms with Crippen molar-refractivity contribution in [2.24, 2.45) is 0 Å². The van der Waals surface area contributed by atoms with Crippen molar-refractivity contribution in [3.05, 3.63) is 0 Å². The van der Waals surface area contributed by atoms with E-state index >= 15 is 0 Å². The number of rotatable bonds is 0. The molecule has 1 aliphatic rings. The molecule has 10 heavy (non-hydrogen) atoms. The van der Waals surface area contributed by atoms with Crippen molar-refractivity contribution >= 4 is 19.7 Å². The predicted molar refractivity (Wildman–Crippen MR) is 37.0 cm³/mol. The van der Waals surface area contributed by atoms with E-state index < -0.39 is 30.0 Å². The molecule has 1 heterocycles. The maximum absolute atomic E-state index is 10.8. The minimum atomic E-state index is -3.32. The third kappa shape index (κ3) is 1.32. The highest BCUT2D eigenvalue weighted by atomic mass is 32.3. The van der Waals surface area contributed by atoms with Gasteiger partial charge < -0.3 is 0 Å². The lowest BCUT2D eigenvalue weighted by Gasteiger charge is -1.93. The molecule has 1 unspecified atom stereocenters. The molecule has 1 atom stereocenters. The summed E-state index contributed by atoms with van der Waals surface area (Å²) in [5, 5.41) is -1.38. The van der Waals surface area contributed by atoms with Gasteiger partial charge in [-0.2, -0.15) is 0 Å². The molecular weight excluding hydrogens is 176 g/mol. The summed E-state index contributed by atoms with van der Waals surface area (Å²) in [6.45, 7) is 1.42. The zero-order chi connectivity index (χ0) is 7.99. The van der Waals surface area contributed by atoms with E-state index in [1.54, 1.807) is 0 Å². The summed E-state index contributed by atoms with van der Waals surface area (Å²) >= 11 is 0. The lowest BCUT2D eigenvalue weighted by atomic mass is 10.6. The lowest BCUT2D eigenvalue weighted by molar-refractivity contribution is 0.595. The van der Waals surface area contributed by atoms with Crippen molar-refractivity contribution in [1.82, 2.24) is 0 Å². The van der Waals surface area contributed by atoms with Gasteiger partial charge in [-0.05, 0) is 6.92 Å². The SMILES string of the molecule is CC1CS(=O)(=O)CS1(=O)=O. The van der Waals surface area contributed by atoms with E-state index in [2.05, 4.69) is 0 Å². The van der Waals surface area contributed by atoms with Gasteiger partial charge in [-0.3, -0.25) is 0 Å². The summed E-state index contributed by atoms with van der Waals surface area (Å²) < 4.78 is 43.0. The fourth-order valence-corrected chi connectivity index (χ4v) is 6.36. The first-order valence-corrected chi connectivity index (χ1v) is 6.29. The van der Waals surface area contributed by atoms with Gasteiger partial charge in [0.25, 0.3) is 0 Å². The summed E-state index contributed by atoms with van der Waals surface area (Å²) in [4.78, 5) is 0. The van der Waals surface area contributed by atoms with Crippen LogP contribution in [0.2, 0.25) is 0 Å². The maximum Gasteiger partial charge on any atom is 0.168 e. The van der Waals surface area contributed by atoms with Crippen LogP contribution in [-0.2, 0) is 19.7 Å². The Kier molecular flexibility index (Phi) is 1.56. The van der Waals surface area contributed by atoms with Gasteiger partial charge in [0.05, 0.1) is 11.0 Å². The van der Waals surface area contributed by atoms with Crippen molar-refractivity contribution in [1.29, 1.82) is 0 Å². The van der Waals surface area contributed by atoms with Gasteiger partial charge in [-0.15, -0.1) is 0 Å². The molecule has 0 N–H and O–H groups in total. The summed E-state index contributed by atoms with van der Waals surface area (Å²) in [5.74, 6) is -0.213. The van der Waals surface area contributed by atoms with Gasteiger partial charge >= 0.3 is 0 Å². The summed E-state index contributed by atoms with van der Waals surface area (Å²) in [5.41, 5.74) is 0. The molecule has 0 radical (unpaired) electrons. The maximum atomic E-state index is 10.8. The largest absolute Gasteiger partial charge is 0.228 e. The van der Waals surface area contributed by atoms with Crippen LogP contribution in [0.25, 0.3) is 0 Å². The van der Waals surface area contributed by atoms with E-state index in [0.717, 1.165) is 0 Å². The van der Waals surface area contributed by atoms with Crippen LogP contribution in [0.15, 0.2) is 0 Å². The molecule has 4 nitrogen and oxygen atoms in total. The third-order valence-electron chi connectivity index (χ3n) is 1.45. The van der Waals surface area contributed by atoms with Crippen LogP contribution in [0.1, 0.15) is 6.92 Å². The number of sulfone groups is 2. The quantitative estimate of drug-likeness (QED) is 0.493. The van der Waals surface area contributed by atoms with Gasteiger partial charge in [0.2, 0.25) is 0 Å². The lowest BCUT2D eigenvalue weighted by Crippen LogP contribution is -2.12. The second-order valence-electron chi connectivity index (χ2n) is 2.50. The number of hydrogen-bond donors (Lipinski definition) is 0. The molecule has 1 aliphatic heterocycles. The topological polar surface area (TPSA) is 68.3 Å². The first kappa shape index (κ1) is 8.00. The Bertz CT molecular complexity index is 322. The molecule has 0 aliphatic carbocycles. The zero-order valence-electron chi connectivity index (χ0n) is 5.44. The Morgan fingerprint density at radius 2 is 1.70 bits per heavy atom. The van der Waals surface area contributed by atoms with Crippen LogP contribution in [0.5, 0.6) is 0 Å². The fraction of sp³-hybridized carbons (Fsp3) is 1.00. The highest BCUT2D eigenvalue weighted by Gasteiger charge is 2.38. The molecule has 1 rings (SSSR count). The molecule has 6 heteroatoms. The van der Waals surface area contributed by atoms with Gasteiger partial charge in [0.15, 0.2) is 24.8 Å². The second-order valence-corrected chi connectivity index (χ2v) is 7.40. The molecule has 0 spiro atoms. The second kappa shape index (κ2) is 1.94. The Morgan fingerprint density at radius 3 is 1.80 bits per heavy atom. The van der Waals surface area contributed by atoms with E-state index in [4.69, 9.17) is 0 Å². The fourth-order valence-electron chi connectivity index (χ4n) is 0.876. The van der Waals surface area contributed by atoms with Crippen LogP contribution in [0, 0.1) is 0 Å². The zero-order valence-corrected chi connectivity index (χ0v) is 7.07. The average molecular weight is 184 g/mol. The van der Waals surface area contributed by atoms with Crippen LogP contribution < -0.4 is 0 Å². The van der Waals surface area contributed by atoms with E-state index in [9.17, 15) is 16.8 Å². The molecule has 0 aromatic heterocycles. The highest BCUT2D eigenvalue weighted by Crippen LogP contribution is 2.16. The van der Waals surface area contributed by atoms with Gasteiger partial charge in [0, 0.05) is 0 Å². The van der Waals surface area contributed by atoms with Crippen molar-refractivity contribution in [3.63, 3.8) is 0 Å². The Labute approximate surface area is 60.1 Å². The van der Waals surface area contributed by atoms with Crippen molar-refractivity contribution < 1.29 is 16.8 Å². The van der Waals surface area contributed by atoms with E-state index in [1.165, 1.54) is 6.92 Å². The molecule has 0 amide bonds. The number of hydrogen-bond acceptors (Lipinski definition) is 4. The minimum Gasteiger partial charge on any atom is -0.228 e. The van der Waals surface area contributed by atoms with Crippen LogP contribution in [0.4, 0.5) is 0 Å². The summed E-state index contributed by atoms with van der Waals surface area (Å²) in [6.07, 6.45) is 0. The summed E-state index contributed by atoms with van der Waals surface area (Å²) in [6, 6.07) is 0. The van der Waals surface area contributed by atoms with Crippen molar-refractivity contribution in [2.45, 2.75) is 12.2 Å². The van der Waals surface area contributed by atoms with Crippen LogP contribution in [0.3, 0.4) is 0 Å². The molecule has 0 aromatic rings. The van der Waals surface area contributed by atoms with Crippen LogP contribution >= 0.6 is 0 Å². The molecule has 0 aromatic carbocycles. The van der Waals surface area contributed by atoms with E-state index in [1.807, 2.05) is 0 Å². The smallest absolute Gasteiger partial charge is 0.168 e. The Morgan fingerprint density at radius 1 is 1.20 bits per heavy atom. The molecule has 1 fully saturated rings. The van der Waals surface area contributed by atoms with Gasteiger partial charge in [-0.1, -0.05) is 0 Å². The average Bonchev–Trinajstić information content (AvgIpc) is 1.73. The molecule has 60 valence electrons. The molecular formula is C4H8O4S2. The Balaban J connectivity index is 3.16. The predicted octanol–water partition coefficient (Wildman–Crippen LogP) is -0.824. The Hall–Kier alpha value is -0.100. The van der Waals surface area contributed by atoms with Gasteiger partial charge in [0.1, 0.15) is 0 Å². The first-order valence-electron chi connectivity index (χ1n) is 2.75. The highest BCUT2D eigenvalue weighted by molar-refractivity contribution is 8.11. The van der Waals surface area contributed by atoms with Crippen molar-refractivity contribution in [2.75, 3.05) is 10.8 Å². The van der Waals surface area contributed by atoms with Gasteiger partial charge in [-0.25, -0.2) is 16.8 Å². The van der Waals surface area contributed by atoms with E-state index in [-0.39, 0.29) is 5.75 Å². The third-order valence-corrected chi connectivity index (χ3v) is 6.81. The molecule has 0 saturated carbocycles. The molecule has 1 saturated heterocycles. The summed E-state index contributed by atoms with van der Waals surface area (Å²) in [7, 11) is -6.61. The first-order chi connectivity index (χ1) is 4.33. The van der Waals surface area contributed by atoms with Crippen molar-refractivity contribution in [3.8, 4) is 0 Å². The molecule has 0 bridgehead atoms. The minimum absolute atomic E-state index is 0.213. The monoisotopic (exact) mass is 184 g/mol. The van der Waals surface area contributed by atoms with Crippen LogP contribution in [-0.4, -0.2) is 32.9 Å².